The molecule has 1 atom stereocenters. The molecule has 0 amide bonds. The van der Waals surface area contributed by atoms with Gasteiger partial charge in [-0.2, -0.15) is 0 Å². The summed E-state index contributed by atoms with van der Waals surface area (Å²) >= 11 is 0. The molecule has 1 aliphatic heterocycles. The molecule has 0 bridgehead atoms. The minimum Gasteiger partial charge on any atom is -0.314 e. The molecule has 0 saturated carbocycles. The Hall–Kier alpha value is -0.0800. The highest BCUT2D eigenvalue weighted by molar-refractivity contribution is 4.72. The normalized spacial score (nSPS) is 24.9. The number of hydrogen-bond acceptors (Lipinski definition) is 2. The van der Waals surface area contributed by atoms with Gasteiger partial charge in [-0.25, -0.2) is 0 Å². The Kier molecular flexibility index (Phi) is 6.98. The Balaban J connectivity index is 0.000000371. The van der Waals surface area contributed by atoms with Gasteiger partial charge in [-0.3, -0.25) is 0 Å². The van der Waals surface area contributed by atoms with E-state index in [2.05, 4.69) is 17.6 Å². The second kappa shape index (κ2) is 7.03. The van der Waals surface area contributed by atoms with E-state index < -0.39 is 0 Å². The third-order valence-electron chi connectivity index (χ3n) is 1.62. The predicted molar refractivity (Wildman–Crippen MR) is 46.3 cm³/mol. The van der Waals surface area contributed by atoms with Gasteiger partial charge in [0.2, 0.25) is 0 Å². The average Bonchev–Trinajstić information content (AvgIpc) is 2.10. The van der Waals surface area contributed by atoms with Gasteiger partial charge in [-0.05, 0) is 6.42 Å². The summed E-state index contributed by atoms with van der Waals surface area (Å²) in [7, 11) is 0. The molecule has 0 aromatic heterocycles. The largest absolute Gasteiger partial charge is 0.314 e. The summed E-state index contributed by atoms with van der Waals surface area (Å²) in [5.41, 5.74) is 0. The van der Waals surface area contributed by atoms with Crippen molar-refractivity contribution in [3.63, 3.8) is 0 Å². The summed E-state index contributed by atoms with van der Waals surface area (Å²) in [6.07, 6.45) is 1.24. The fourth-order valence-corrected chi connectivity index (χ4v) is 1.00. The van der Waals surface area contributed by atoms with Crippen molar-refractivity contribution < 1.29 is 0 Å². The molecular formula is C8H20N2. The van der Waals surface area contributed by atoms with Crippen LogP contribution >= 0.6 is 0 Å². The first-order valence-corrected chi connectivity index (χ1v) is 4.37. The van der Waals surface area contributed by atoms with E-state index in [1.54, 1.807) is 0 Å². The van der Waals surface area contributed by atoms with Gasteiger partial charge in [0.15, 0.2) is 0 Å². The molecule has 1 fully saturated rings. The van der Waals surface area contributed by atoms with Crippen LogP contribution in [0.1, 0.15) is 27.2 Å². The maximum absolute atomic E-state index is 3.41. The predicted octanol–water partition coefficient (Wildman–Crippen LogP) is 0.984. The van der Waals surface area contributed by atoms with Crippen LogP contribution in [0, 0.1) is 0 Å². The van der Waals surface area contributed by atoms with Crippen LogP contribution in [0.25, 0.3) is 0 Å². The van der Waals surface area contributed by atoms with Crippen LogP contribution in [-0.4, -0.2) is 25.7 Å². The standard InChI is InChI=1S/C6H14N2.C2H6/c1-2-6-5-7-3-4-8-6;1-2/h6-8H,2-5H2,1H3;1-2H3. The molecule has 1 aliphatic rings. The lowest BCUT2D eigenvalue weighted by Gasteiger charge is -2.22. The zero-order chi connectivity index (χ0) is 7.82. The Bertz CT molecular complexity index is 58.3. The van der Waals surface area contributed by atoms with Crippen molar-refractivity contribution in [1.29, 1.82) is 0 Å². The van der Waals surface area contributed by atoms with E-state index in [-0.39, 0.29) is 0 Å². The molecule has 0 aliphatic carbocycles. The van der Waals surface area contributed by atoms with Gasteiger partial charge in [-0.1, -0.05) is 20.8 Å². The van der Waals surface area contributed by atoms with Crippen molar-refractivity contribution in [3.8, 4) is 0 Å². The van der Waals surface area contributed by atoms with E-state index in [1.165, 1.54) is 6.42 Å². The molecule has 1 saturated heterocycles. The molecule has 2 nitrogen and oxygen atoms in total. The maximum Gasteiger partial charge on any atom is 0.0190 e. The first kappa shape index (κ1) is 9.92. The van der Waals surface area contributed by atoms with Gasteiger partial charge in [0.05, 0.1) is 0 Å². The lowest BCUT2D eigenvalue weighted by atomic mass is 10.2. The molecule has 2 N–H and O–H groups in total. The van der Waals surface area contributed by atoms with Gasteiger partial charge >= 0.3 is 0 Å². The fraction of sp³-hybridized carbons (Fsp3) is 1.00. The van der Waals surface area contributed by atoms with E-state index in [9.17, 15) is 0 Å². The fourth-order valence-electron chi connectivity index (χ4n) is 1.00. The summed E-state index contributed by atoms with van der Waals surface area (Å²) in [5, 5.41) is 6.73. The van der Waals surface area contributed by atoms with E-state index in [4.69, 9.17) is 0 Å². The minimum absolute atomic E-state index is 0.726. The Labute approximate surface area is 64.4 Å². The molecule has 2 heteroatoms. The quantitative estimate of drug-likeness (QED) is 0.573. The summed E-state index contributed by atoms with van der Waals surface area (Å²) in [5.74, 6) is 0. The zero-order valence-electron chi connectivity index (χ0n) is 7.41. The summed E-state index contributed by atoms with van der Waals surface area (Å²) < 4.78 is 0. The van der Waals surface area contributed by atoms with E-state index in [0.29, 0.717) is 0 Å². The van der Waals surface area contributed by atoms with Crippen molar-refractivity contribution in [2.24, 2.45) is 0 Å². The average molecular weight is 144 g/mol. The van der Waals surface area contributed by atoms with Crippen LogP contribution < -0.4 is 10.6 Å². The smallest absolute Gasteiger partial charge is 0.0190 e. The monoisotopic (exact) mass is 144 g/mol. The highest BCUT2D eigenvalue weighted by Gasteiger charge is 2.07. The molecule has 0 aromatic carbocycles. The first-order chi connectivity index (χ1) is 4.93. The van der Waals surface area contributed by atoms with Crippen LogP contribution in [0.2, 0.25) is 0 Å². The van der Waals surface area contributed by atoms with E-state index in [0.717, 1.165) is 25.7 Å². The van der Waals surface area contributed by atoms with Crippen molar-refractivity contribution in [2.45, 2.75) is 33.2 Å². The number of rotatable bonds is 1. The van der Waals surface area contributed by atoms with Crippen molar-refractivity contribution in [2.75, 3.05) is 19.6 Å². The lowest BCUT2D eigenvalue weighted by Crippen LogP contribution is -2.47. The van der Waals surface area contributed by atoms with Crippen LogP contribution in [0.3, 0.4) is 0 Å². The highest BCUT2D eigenvalue weighted by atomic mass is 15.0. The molecule has 0 aromatic rings. The second-order valence-corrected chi connectivity index (χ2v) is 2.26. The molecule has 62 valence electrons. The Morgan fingerprint density at radius 1 is 1.30 bits per heavy atom. The number of nitrogens with one attached hydrogen (secondary N) is 2. The number of hydrogen-bond donors (Lipinski definition) is 2. The van der Waals surface area contributed by atoms with Crippen LogP contribution in [0.15, 0.2) is 0 Å². The molecule has 10 heavy (non-hydrogen) atoms. The van der Waals surface area contributed by atoms with Crippen molar-refractivity contribution in [3.05, 3.63) is 0 Å². The summed E-state index contributed by atoms with van der Waals surface area (Å²) in [4.78, 5) is 0. The lowest BCUT2D eigenvalue weighted by molar-refractivity contribution is 0.410. The molecule has 0 radical (unpaired) electrons. The third kappa shape index (κ3) is 3.85. The maximum atomic E-state index is 3.41. The Morgan fingerprint density at radius 3 is 2.30 bits per heavy atom. The summed E-state index contributed by atoms with van der Waals surface area (Å²) in [6.45, 7) is 9.64. The van der Waals surface area contributed by atoms with Crippen LogP contribution in [0.5, 0.6) is 0 Å². The van der Waals surface area contributed by atoms with Crippen molar-refractivity contribution >= 4 is 0 Å². The number of piperazine rings is 1. The van der Waals surface area contributed by atoms with Crippen LogP contribution in [-0.2, 0) is 0 Å². The van der Waals surface area contributed by atoms with Gasteiger partial charge in [0.1, 0.15) is 0 Å². The Morgan fingerprint density at radius 2 is 2.00 bits per heavy atom. The van der Waals surface area contributed by atoms with E-state index >= 15 is 0 Å². The molecule has 1 heterocycles. The molecular weight excluding hydrogens is 124 g/mol. The summed E-state index contributed by atoms with van der Waals surface area (Å²) in [6, 6.07) is 0.726. The van der Waals surface area contributed by atoms with Crippen LogP contribution in [0.4, 0.5) is 0 Å². The zero-order valence-corrected chi connectivity index (χ0v) is 7.41. The van der Waals surface area contributed by atoms with Gasteiger partial charge in [0.25, 0.3) is 0 Å². The van der Waals surface area contributed by atoms with Gasteiger partial charge < -0.3 is 10.6 Å². The molecule has 1 rings (SSSR count). The van der Waals surface area contributed by atoms with Gasteiger partial charge in [-0.15, -0.1) is 0 Å². The van der Waals surface area contributed by atoms with E-state index in [1.807, 2.05) is 13.8 Å². The van der Waals surface area contributed by atoms with Crippen molar-refractivity contribution in [1.82, 2.24) is 10.6 Å². The van der Waals surface area contributed by atoms with Gasteiger partial charge in [0, 0.05) is 25.7 Å². The second-order valence-electron chi connectivity index (χ2n) is 2.26. The molecule has 0 spiro atoms. The topological polar surface area (TPSA) is 24.1 Å². The highest BCUT2D eigenvalue weighted by Crippen LogP contribution is 1.90. The SMILES string of the molecule is CC.CCC1CNCCN1. The molecule has 1 unspecified atom stereocenters. The minimum atomic E-state index is 0.726. The first-order valence-electron chi connectivity index (χ1n) is 4.37. The third-order valence-corrected chi connectivity index (χ3v) is 1.62.